The van der Waals surface area contributed by atoms with Crippen molar-refractivity contribution in [3.05, 3.63) is 12.1 Å². The Morgan fingerprint density at radius 1 is 1.26 bits per heavy atom. The Bertz CT molecular complexity index is 569. The van der Waals surface area contributed by atoms with Crippen LogP contribution in [-0.2, 0) is 0 Å². The third-order valence-corrected chi connectivity index (χ3v) is 4.05. The van der Waals surface area contributed by atoms with E-state index in [0.717, 1.165) is 25.1 Å². The van der Waals surface area contributed by atoms with Gasteiger partial charge in [0.25, 0.3) is 0 Å². The van der Waals surface area contributed by atoms with Crippen molar-refractivity contribution in [1.29, 1.82) is 0 Å². The van der Waals surface area contributed by atoms with E-state index < -0.39 is 0 Å². The van der Waals surface area contributed by atoms with Crippen LogP contribution in [0.2, 0.25) is 0 Å². The third kappa shape index (κ3) is 2.23. The van der Waals surface area contributed by atoms with Crippen LogP contribution in [0.15, 0.2) is 16.8 Å². The molecular weight excluding hydrogens is 244 g/mol. The van der Waals surface area contributed by atoms with Gasteiger partial charge in [0, 0.05) is 13.2 Å². The molecule has 6 nitrogen and oxygen atoms in total. The van der Waals surface area contributed by atoms with Gasteiger partial charge in [0.15, 0.2) is 11.0 Å². The van der Waals surface area contributed by atoms with Gasteiger partial charge in [-0.3, -0.25) is 0 Å². The standard InChI is InChI=1S/C13H18N4O2/c14-10-4-5-11(13-12(10)16-19-17-13)15-6-8-2-1-3-9(8)7-18/h4-5,8-9,15,18H,1-3,6-7,14H2. The molecule has 0 saturated heterocycles. The Labute approximate surface area is 110 Å². The van der Waals surface area contributed by atoms with Crippen molar-refractivity contribution in [2.75, 3.05) is 24.2 Å². The van der Waals surface area contributed by atoms with Gasteiger partial charge in [-0.05, 0) is 47.1 Å². The number of anilines is 2. The normalized spacial score (nSPS) is 23.0. The topological polar surface area (TPSA) is 97.2 Å². The fourth-order valence-electron chi connectivity index (χ4n) is 2.89. The number of aliphatic hydroxyl groups excluding tert-OH is 1. The van der Waals surface area contributed by atoms with Gasteiger partial charge in [0.05, 0.1) is 11.4 Å². The Balaban J connectivity index is 1.75. The summed E-state index contributed by atoms with van der Waals surface area (Å²) in [6, 6.07) is 3.69. The zero-order valence-corrected chi connectivity index (χ0v) is 10.7. The molecule has 2 unspecified atom stereocenters. The maximum absolute atomic E-state index is 9.33. The summed E-state index contributed by atoms with van der Waals surface area (Å²) in [5.41, 5.74) is 8.52. The van der Waals surface area contributed by atoms with E-state index >= 15 is 0 Å². The molecule has 6 heteroatoms. The molecule has 0 aliphatic heterocycles. The molecule has 19 heavy (non-hydrogen) atoms. The molecular formula is C13H18N4O2. The smallest absolute Gasteiger partial charge is 0.160 e. The molecule has 0 amide bonds. The van der Waals surface area contributed by atoms with E-state index in [9.17, 15) is 5.11 Å². The minimum atomic E-state index is 0.273. The summed E-state index contributed by atoms with van der Waals surface area (Å²) in [5, 5.41) is 20.4. The van der Waals surface area contributed by atoms with Crippen LogP contribution in [0, 0.1) is 11.8 Å². The minimum absolute atomic E-state index is 0.273. The van der Waals surface area contributed by atoms with Crippen LogP contribution in [0.3, 0.4) is 0 Å². The number of hydrogen-bond acceptors (Lipinski definition) is 6. The molecule has 0 spiro atoms. The largest absolute Gasteiger partial charge is 0.397 e. The lowest BCUT2D eigenvalue weighted by Gasteiger charge is -2.18. The molecule has 2 atom stereocenters. The Hall–Kier alpha value is -1.82. The lowest BCUT2D eigenvalue weighted by Crippen LogP contribution is -2.20. The molecule has 1 fully saturated rings. The van der Waals surface area contributed by atoms with Crippen molar-refractivity contribution in [3.63, 3.8) is 0 Å². The highest BCUT2D eigenvalue weighted by molar-refractivity contribution is 5.94. The third-order valence-electron chi connectivity index (χ3n) is 4.05. The Kier molecular flexibility index (Phi) is 3.25. The lowest BCUT2D eigenvalue weighted by molar-refractivity contribution is 0.199. The van der Waals surface area contributed by atoms with Gasteiger partial charge in [0.2, 0.25) is 0 Å². The molecule has 1 heterocycles. The molecule has 2 aromatic rings. The average Bonchev–Trinajstić information content (AvgIpc) is 3.07. The monoisotopic (exact) mass is 262 g/mol. The molecule has 102 valence electrons. The highest BCUT2D eigenvalue weighted by atomic mass is 16.6. The van der Waals surface area contributed by atoms with Crippen LogP contribution in [0.4, 0.5) is 11.4 Å². The predicted molar refractivity (Wildman–Crippen MR) is 72.6 cm³/mol. The highest BCUT2D eigenvalue weighted by Gasteiger charge is 2.26. The first-order chi connectivity index (χ1) is 9.29. The summed E-state index contributed by atoms with van der Waals surface area (Å²) in [4.78, 5) is 0. The van der Waals surface area contributed by atoms with Gasteiger partial charge in [-0.25, -0.2) is 4.63 Å². The van der Waals surface area contributed by atoms with E-state index in [1.807, 2.05) is 6.07 Å². The second-order valence-corrected chi connectivity index (χ2v) is 5.18. The fraction of sp³-hybridized carbons (Fsp3) is 0.538. The van der Waals surface area contributed by atoms with E-state index in [1.54, 1.807) is 6.07 Å². The highest BCUT2D eigenvalue weighted by Crippen LogP contribution is 2.32. The van der Waals surface area contributed by atoms with Crippen LogP contribution in [-0.4, -0.2) is 28.6 Å². The summed E-state index contributed by atoms with van der Waals surface area (Å²) in [7, 11) is 0. The number of aromatic nitrogens is 2. The Morgan fingerprint density at radius 3 is 2.89 bits per heavy atom. The number of rotatable bonds is 4. The van der Waals surface area contributed by atoms with Crippen LogP contribution in [0.5, 0.6) is 0 Å². The summed E-state index contributed by atoms with van der Waals surface area (Å²) >= 11 is 0. The average molecular weight is 262 g/mol. The molecule has 1 aromatic heterocycles. The summed E-state index contributed by atoms with van der Waals surface area (Å²) in [6.07, 6.45) is 3.47. The van der Waals surface area contributed by atoms with Gasteiger partial charge in [0.1, 0.15) is 0 Å². The van der Waals surface area contributed by atoms with Crippen molar-refractivity contribution < 1.29 is 9.74 Å². The van der Waals surface area contributed by atoms with Crippen LogP contribution in [0.1, 0.15) is 19.3 Å². The maximum Gasteiger partial charge on any atom is 0.160 e. The van der Waals surface area contributed by atoms with E-state index in [2.05, 4.69) is 15.6 Å². The van der Waals surface area contributed by atoms with E-state index in [4.69, 9.17) is 10.4 Å². The lowest BCUT2D eigenvalue weighted by atomic mass is 9.97. The van der Waals surface area contributed by atoms with Gasteiger partial charge in [-0.1, -0.05) is 6.42 Å². The van der Waals surface area contributed by atoms with Gasteiger partial charge >= 0.3 is 0 Å². The first-order valence-corrected chi connectivity index (χ1v) is 6.65. The molecule has 1 saturated carbocycles. The summed E-state index contributed by atoms with van der Waals surface area (Å²) < 4.78 is 4.74. The second kappa shape index (κ2) is 5.05. The number of nitrogen functional groups attached to an aromatic ring is 1. The van der Waals surface area contributed by atoms with Crippen molar-refractivity contribution >= 4 is 22.4 Å². The zero-order chi connectivity index (χ0) is 13.2. The van der Waals surface area contributed by atoms with Crippen LogP contribution < -0.4 is 11.1 Å². The quantitative estimate of drug-likeness (QED) is 0.724. The number of hydrogen-bond donors (Lipinski definition) is 3. The molecule has 1 aliphatic carbocycles. The van der Waals surface area contributed by atoms with Crippen molar-refractivity contribution in [1.82, 2.24) is 10.3 Å². The van der Waals surface area contributed by atoms with Crippen molar-refractivity contribution in [2.24, 2.45) is 11.8 Å². The molecule has 1 aliphatic rings. The van der Waals surface area contributed by atoms with Crippen molar-refractivity contribution in [3.8, 4) is 0 Å². The van der Waals surface area contributed by atoms with Crippen LogP contribution >= 0.6 is 0 Å². The Morgan fingerprint density at radius 2 is 2.05 bits per heavy atom. The molecule has 3 rings (SSSR count). The van der Waals surface area contributed by atoms with E-state index in [1.165, 1.54) is 6.42 Å². The summed E-state index contributed by atoms with van der Waals surface area (Å²) in [6.45, 7) is 1.10. The number of nitrogens with one attached hydrogen (secondary N) is 1. The van der Waals surface area contributed by atoms with Gasteiger partial charge in [-0.15, -0.1) is 0 Å². The van der Waals surface area contributed by atoms with Crippen molar-refractivity contribution in [2.45, 2.75) is 19.3 Å². The minimum Gasteiger partial charge on any atom is -0.397 e. The second-order valence-electron chi connectivity index (χ2n) is 5.18. The first-order valence-electron chi connectivity index (χ1n) is 6.65. The number of nitrogens with two attached hydrogens (primary N) is 1. The number of nitrogens with zero attached hydrogens (tertiary/aromatic N) is 2. The fourth-order valence-corrected chi connectivity index (χ4v) is 2.89. The molecule has 1 aromatic carbocycles. The van der Waals surface area contributed by atoms with E-state index in [0.29, 0.717) is 28.6 Å². The van der Waals surface area contributed by atoms with Crippen LogP contribution in [0.25, 0.3) is 11.0 Å². The SMILES string of the molecule is Nc1ccc(NCC2CCCC2CO)c2nonc12. The number of aliphatic hydroxyl groups is 1. The molecule has 0 radical (unpaired) electrons. The van der Waals surface area contributed by atoms with Gasteiger partial charge in [-0.2, -0.15) is 0 Å². The molecule has 0 bridgehead atoms. The first kappa shape index (κ1) is 12.2. The zero-order valence-electron chi connectivity index (χ0n) is 10.7. The molecule has 4 N–H and O–H groups in total. The van der Waals surface area contributed by atoms with Gasteiger partial charge < -0.3 is 16.2 Å². The number of fused-ring (bicyclic) bond motifs is 1. The van der Waals surface area contributed by atoms with E-state index in [-0.39, 0.29) is 6.61 Å². The summed E-state index contributed by atoms with van der Waals surface area (Å²) in [5.74, 6) is 0.921. The maximum atomic E-state index is 9.33. The number of benzene rings is 1. The predicted octanol–water partition coefficient (Wildman–Crippen LogP) is 1.63.